The maximum atomic E-state index is 6.14. The second kappa shape index (κ2) is 5.53. The van der Waals surface area contributed by atoms with Gasteiger partial charge in [0, 0.05) is 24.2 Å². The standard InChI is InChI=1S/C17H27BN2O2/c1-13-8-6-7-9-20(13)15-10-14(11-19-12-15)18-21-16(2,3)17(4,5)22-18/h10-13H,6-9H2,1-5H3. The van der Waals surface area contributed by atoms with Gasteiger partial charge in [-0.3, -0.25) is 4.98 Å². The number of hydrogen-bond donors (Lipinski definition) is 0. The molecule has 120 valence electrons. The molecule has 1 unspecified atom stereocenters. The van der Waals surface area contributed by atoms with E-state index in [0.717, 1.165) is 12.0 Å². The van der Waals surface area contributed by atoms with Crippen LogP contribution in [-0.2, 0) is 9.31 Å². The summed E-state index contributed by atoms with van der Waals surface area (Å²) in [6, 6.07) is 2.75. The van der Waals surface area contributed by atoms with Crippen molar-refractivity contribution < 1.29 is 9.31 Å². The van der Waals surface area contributed by atoms with Crippen molar-refractivity contribution in [2.24, 2.45) is 0 Å². The molecule has 0 spiro atoms. The molecule has 0 aliphatic carbocycles. The molecule has 0 N–H and O–H groups in total. The molecule has 0 radical (unpaired) electrons. The minimum absolute atomic E-state index is 0.313. The Morgan fingerprint density at radius 2 is 1.82 bits per heavy atom. The second-order valence-corrected chi connectivity index (χ2v) is 7.60. The summed E-state index contributed by atoms with van der Waals surface area (Å²) >= 11 is 0. The first-order chi connectivity index (χ1) is 10.3. The molecule has 0 saturated carbocycles. The maximum Gasteiger partial charge on any atom is 0.496 e. The van der Waals surface area contributed by atoms with E-state index >= 15 is 0 Å². The molecule has 3 heterocycles. The predicted molar refractivity (Wildman–Crippen MR) is 90.6 cm³/mol. The molecule has 3 rings (SSSR count). The van der Waals surface area contributed by atoms with Crippen molar-refractivity contribution >= 4 is 18.3 Å². The molecule has 0 bridgehead atoms. The minimum atomic E-state index is -0.336. The Kier molecular flexibility index (Phi) is 3.98. The van der Waals surface area contributed by atoms with E-state index in [2.05, 4.69) is 50.6 Å². The van der Waals surface area contributed by atoms with Crippen LogP contribution in [0.15, 0.2) is 18.5 Å². The van der Waals surface area contributed by atoms with Gasteiger partial charge in [0.1, 0.15) is 0 Å². The first kappa shape index (κ1) is 15.8. The molecule has 1 aromatic heterocycles. The van der Waals surface area contributed by atoms with Crippen molar-refractivity contribution in [2.45, 2.75) is 71.1 Å². The van der Waals surface area contributed by atoms with Gasteiger partial charge in [-0.1, -0.05) is 0 Å². The van der Waals surface area contributed by atoms with Crippen molar-refractivity contribution in [3.05, 3.63) is 18.5 Å². The van der Waals surface area contributed by atoms with Gasteiger partial charge in [-0.15, -0.1) is 0 Å². The lowest BCUT2D eigenvalue weighted by Gasteiger charge is -2.35. The average Bonchev–Trinajstić information content (AvgIpc) is 2.68. The van der Waals surface area contributed by atoms with Gasteiger partial charge < -0.3 is 14.2 Å². The summed E-state index contributed by atoms with van der Waals surface area (Å²) in [6.45, 7) is 11.7. The van der Waals surface area contributed by atoms with E-state index in [0.29, 0.717) is 6.04 Å². The molecule has 2 fully saturated rings. The molecule has 22 heavy (non-hydrogen) atoms. The zero-order chi connectivity index (χ0) is 16.0. The van der Waals surface area contributed by atoms with Gasteiger partial charge in [0.15, 0.2) is 0 Å². The summed E-state index contributed by atoms with van der Waals surface area (Å²) in [6.07, 6.45) is 7.64. The van der Waals surface area contributed by atoms with Crippen LogP contribution in [0.4, 0.5) is 5.69 Å². The van der Waals surface area contributed by atoms with Crippen LogP contribution in [0.3, 0.4) is 0 Å². The SMILES string of the molecule is CC1CCCCN1c1cncc(B2OC(C)(C)C(C)(C)O2)c1. The highest BCUT2D eigenvalue weighted by molar-refractivity contribution is 6.62. The Labute approximate surface area is 134 Å². The number of rotatable bonds is 2. The van der Waals surface area contributed by atoms with E-state index < -0.39 is 0 Å². The Hall–Kier alpha value is -1.07. The largest absolute Gasteiger partial charge is 0.496 e. The van der Waals surface area contributed by atoms with Crippen LogP contribution in [-0.4, -0.2) is 35.9 Å². The minimum Gasteiger partial charge on any atom is -0.399 e. The van der Waals surface area contributed by atoms with Gasteiger partial charge in [0.2, 0.25) is 0 Å². The van der Waals surface area contributed by atoms with Crippen LogP contribution < -0.4 is 10.4 Å². The van der Waals surface area contributed by atoms with E-state index in [1.807, 2.05) is 12.4 Å². The third kappa shape index (κ3) is 2.76. The monoisotopic (exact) mass is 302 g/mol. The smallest absolute Gasteiger partial charge is 0.399 e. The lowest BCUT2D eigenvalue weighted by Crippen LogP contribution is -2.41. The third-order valence-electron chi connectivity index (χ3n) is 5.40. The number of hydrogen-bond acceptors (Lipinski definition) is 4. The van der Waals surface area contributed by atoms with E-state index in [1.165, 1.54) is 24.9 Å². The fourth-order valence-corrected chi connectivity index (χ4v) is 3.19. The molecule has 1 aromatic rings. The number of piperidine rings is 1. The highest BCUT2D eigenvalue weighted by atomic mass is 16.7. The summed E-state index contributed by atoms with van der Waals surface area (Å²) in [4.78, 5) is 6.88. The summed E-state index contributed by atoms with van der Waals surface area (Å²) < 4.78 is 12.3. The van der Waals surface area contributed by atoms with Gasteiger partial charge >= 0.3 is 7.12 Å². The van der Waals surface area contributed by atoms with Crippen molar-refractivity contribution in [2.75, 3.05) is 11.4 Å². The Bertz CT molecular complexity index is 531. The molecule has 5 heteroatoms. The van der Waals surface area contributed by atoms with Crippen molar-refractivity contribution in [3.63, 3.8) is 0 Å². The number of aromatic nitrogens is 1. The lowest BCUT2D eigenvalue weighted by molar-refractivity contribution is 0.00578. The number of pyridine rings is 1. The average molecular weight is 302 g/mol. The summed E-state index contributed by atoms with van der Waals surface area (Å²) in [5.74, 6) is 0. The summed E-state index contributed by atoms with van der Waals surface area (Å²) in [5.41, 5.74) is 1.56. The number of nitrogens with zero attached hydrogens (tertiary/aromatic N) is 2. The fourth-order valence-electron chi connectivity index (χ4n) is 3.19. The highest BCUT2D eigenvalue weighted by Crippen LogP contribution is 2.36. The summed E-state index contributed by atoms with van der Waals surface area (Å²) in [7, 11) is -0.336. The van der Waals surface area contributed by atoms with Gasteiger partial charge in [-0.05, 0) is 59.9 Å². The molecule has 2 saturated heterocycles. The quantitative estimate of drug-likeness (QED) is 0.787. The molecule has 4 nitrogen and oxygen atoms in total. The fraction of sp³-hybridized carbons (Fsp3) is 0.706. The molecule has 2 aliphatic heterocycles. The van der Waals surface area contributed by atoms with Gasteiger partial charge in [0.25, 0.3) is 0 Å². The molecule has 0 amide bonds. The number of anilines is 1. The maximum absolute atomic E-state index is 6.14. The molecular weight excluding hydrogens is 275 g/mol. The van der Waals surface area contributed by atoms with Crippen LogP contribution in [0.1, 0.15) is 53.9 Å². The third-order valence-corrected chi connectivity index (χ3v) is 5.40. The topological polar surface area (TPSA) is 34.6 Å². The normalized spacial score (nSPS) is 27.2. The van der Waals surface area contributed by atoms with Gasteiger partial charge in [-0.2, -0.15) is 0 Å². The van der Waals surface area contributed by atoms with Crippen LogP contribution in [0, 0.1) is 0 Å². The molecule has 0 aromatic carbocycles. The predicted octanol–water partition coefficient (Wildman–Crippen LogP) is 2.76. The van der Waals surface area contributed by atoms with Crippen LogP contribution in [0.25, 0.3) is 0 Å². The Morgan fingerprint density at radius 1 is 1.14 bits per heavy atom. The summed E-state index contributed by atoms with van der Waals surface area (Å²) in [5, 5.41) is 0. The van der Waals surface area contributed by atoms with E-state index in [-0.39, 0.29) is 18.3 Å². The first-order valence-electron chi connectivity index (χ1n) is 8.37. The Balaban J connectivity index is 1.83. The zero-order valence-corrected chi connectivity index (χ0v) is 14.4. The van der Waals surface area contributed by atoms with E-state index in [4.69, 9.17) is 9.31 Å². The highest BCUT2D eigenvalue weighted by Gasteiger charge is 2.51. The van der Waals surface area contributed by atoms with E-state index in [9.17, 15) is 0 Å². The van der Waals surface area contributed by atoms with E-state index in [1.54, 1.807) is 0 Å². The molecule has 1 atom stereocenters. The van der Waals surface area contributed by atoms with Crippen LogP contribution in [0.2, 0.25) is 0 Å². The lowest BCUT2D eigenvalue weighted by atomic mass is 9.80. The second-order valence-electron chi connectivity index (χ2n) is 7.60. The van der Waals surface area contributed by atoms with Gasteiger partial charge in [-0.25, -0.2) is 0 Å². The van der Waals surface area contributed by atoms with Crippen molar-refractivity contribution in [1.29, 1.82) is 0 Å². The first-order valence-corrected chi connectivity index (χ1v) is 8.37. The van der Waals surface area contributed by atoms with Crippen LogP contribution >= 0.6 is 0 Å². The van der Waals surface area contributed by atoms with Crippen molar-refractivity contribution in [3.8, 4) is 0 Å². The molecule has 2 aliphatic rings. The Morgan fingerprint density at radius 3 is 2.45 bits per heavy atom. The zero-order valence-electron chi connectivity index (χ0n) is 14.4. The van der Waals surface area contributed by atoms with Crippen molar-refractivity contribution in [1.82, 2.24) is 4.98 Å². The van der Waals surface area contributed by atoms with Gasteiger partial charge in [0.05, 0.1) is 23.1 Å². The molecular formula is C17H27BN2O2. The van der Waals surface area contributed by atoms with Crippen LogP contribution in [0.5, 0.6) is 0 Å².